The van der Waals surface area contributed by atoms with Gasteiger partial charge in [0.05, 0.1) is 12.6 Å². The molecule has 4 heteroatoms. The smallest absolute Gasteiger partial charge is 0.224 e. The summed E-state index contributed by atoms with van der Waals surface area (Å²) in [5, 5.41) is 0. The molecule has 0 spiro atoms. The third-order valence-electron chi connectivity index (χ3n) is 2.46. The second-order valence-electron chi connectivity index (χ2n) is 3.53. The average molecular weight is 186 g/mol. The van der Waals surface area contributed by atoms with E-state index in [1.807, 2.05) is 4.90 Å². The van der Waals surface area contributed by atoms with Crippen LogP contribution in [0.1, 0.15) is 19.8 Å². The monoisotopic (exact) mass is 186 g/mol. The van der Waals surface area contributed by atoms with Gasteiger partial charge in [-0.05, 0) is 6.42 Å². The fraction of sp³-hybridized carbons (Fsp3) is 0.889. The first-order valence-electron chi connectivity index (χ1n) is 4.73. The number of carbonyl (C=O) groups is 1. The normalized spacial score (nSPS) is 25.3. The Bertz CT molecular complexity index is 184. The average Bonchev–Trinajstić information content (AvgIpc) is 2.41. The summed E-state index contributed by atoms with van der Waals surface area (Å²) in [5.74, 6) is 0.163. The van der Waals surface area contributed by atoms with Gasteiger partial charge in [-0.2, -0.15) is 0 Å². The quantitative estimate of drug-likeness (QED) is 0.671. The van der Waals surface area contributed by atoms with Crippen molar-refractivity contribution in [1.82, 2.24) is 4.90 Å². The third-order valence-corrected chi connectivity index (χ3v) is 2.46. The van der Waals surface area contributed by atoms with Crippen molar-refractivity contribution in [3.8, 4) is 0 Å². The van der Waals surface area contributed by atoms with E-state index in [-0.39, 0.29) is 18.0 Å². The van der Waals surface area contributed by atoms with Crippen LogP contribution in [0.25, 0.3) is 0 Å². The maximum absolute atomic E-state index is 11.5. The highest BCUT2D eigenvalue weighted by Crippen LogP contribution is 2.15. The summed E-state index contributed by atoms with van der Waals surface area (Å²) in [5.41, 5.74) is 5.70. The first kappa shape index (κ1) is 10.5. The maximum atomic E-state index is 11.5. The van der Waals surface area contributed by atoms with Crippen LogP contribution in [0, 0.1) is 0 Å². The van der Waals surface area contributed by atoms with Gasteiger partial charge in [-0.15, -0.1) is 0 Å². The summed E-state index contributed by atoms with van der Waals surface area (Å²) in [4.78, 5) is 13.3. The number of ether oxygens (including phenoxy) is 1. The van der Waals surface area contributed by atoms with Crippen LogP contribution in [0.2, 0.25) is 0 Å². The van der Waals surface area contributed by atoms with Gasteiger partial charge in [0.25, 0.3) is 0 Å². The second kappa shape index (κ2) is 4.58. The standard InChI is InChI=1S/C9H18N2O2/c1-3-8(6-13-2)11-5-7(10)4-9(11)12/h7-8H,3-6,10H2,1-2H3. The van der Waals surface area contributed by atoms with Crippen molar-refractivity contribution in [2.45, 2.75) is 31.8 Å². The molecule has 0 radical (unpaired) electrons. The Kier molecular flexibility index (Phi) is 3.69. The highest BCUT2D eigenvalue weighted by molar-refractivity contribution is 5.79. The number of amides is 1. The van der Waals surface area contributed by atoms with E-state index >= 15 is 0 Å². The van der Waals surface area contributed by atoms with Gasteiger partial charge in [0.1, 0.15) is 0 Å². The molecule has 0 bridgehead atoms. The number of nitrogens with two attached hydrogens (primary N) is 1. The summed E-state index contributed by atoms with van der Waals surface area (Å²) >= 11 is 0. The molecule has 1 aliphatic heterocycles. The van der Waals surface area contributed by atoms with Crippen molar-refractivity contribution in [3.63, 3.8) is 0 Å². The first-order chi connectivity index (χ1) is 6.19. The molecule has 1 heterocycles. The molecule has 1 aliphatic rings. The first-order valence-corrected chi connectivity index (χ1v) is 4.73. The number of carbonyl (C=O) groups excluding carboxylic acids is 1. The molecule has 2 N–H and O–H groups in total. The summed E-state index contributed by atoms with van der Waals surface area (Å²) in [7, 11) is 1.66. The highest BCUT2D eigenvalue weighted by Gasteiger charge is 2.31. The van der Waals surface area contributed by atoms with E-state index in [1.165, 1.54) is 0 Å². The van der Waals surface area contributed by atoms with Crippen LogP contribution < -0.4 is 5.73 Å². The lowest BCUT2D eigenvalue weighted by molar-refractivity contribution is -0.130. The van der Waals surface area contributed by atoms with Gasteiger partial charge >= 0.3 is 0 Å². The zero-order valence-corrected chi connectivity index (χ0v) is 8.32. The summed E-state index contributed by atoms with van der Waals surface area (Å²) in [6, 6.07) is 0.212. The summed E-state index contributed by atoms with van der Waals surface area (Å²) in [6.45, 7) is 3.34. The predicted octanol–water partition coefficient (Wildman–Crippen LogP) is -0.0290. The molecule has 1 rings (SSSR count). The molecule has 13 heavy (non-hydrogen) atoms. The Labute approximate surface area is 79.0 Å². The summed E-state index contributed by atoms with van der Waals surface area (Å²) < 4.78 is 5.06. The zero-order chi connectivity index (χ0) is 9.84. The van der Waals surface area contributed by atoms with Gasteiger partial charge in [0.15, 0.2) is 0 Å². The van der Waals surface area contributed by atoms with Crippen LogP contribution >= 0.6 is 0 Å². The molecule has 2 unspecified atom stereocenters. The minimum atomic E-state index is 0.0124. The number of nitrogens with zero attached hydrogens (tertiary/aromatic N) is 1. The molecule has 1 saturated heterocycles. The number of hydrogen-bond donors (Lipinski definition) is 1. The molecule has 2 atom stereocenters. The lowest BCUT2D eigenvalue weighted by Crippen LogP contribution is -2.40. The van der Waals surface area contributed by atoms with Gasteiger partial charge in [0, 0.05) is 26.1 Å². The lowest BCUT2D eigenvalue weighted by atomic mass is 10.2. The van der Waals surface area contributed by atoms with Crippen molar-refractivity contribution < 1.29 is 9.53 Å². The molecule has 0 saturated carbocycles. The van der Waals surface area contributed by atoms with Crippen LogP contribution in [0.3, 0.4) is 0 Å². The molecule has 4 nitrogen and oxygen atoms in total. The molecular formula is C9H18N2O2. The van der Waals surface area contributed by atoms with Crippen molar-refractivity contribution in [1.29, 1.82) is 0 Å². The number of rotatable bonds is 4. The fourth-order valence-electron chi connectivity index (χ4n) is 1.73. The molecule has 0 aromatic rings. The van der Waals surface area contributed by atoms with Crippen molar-refractivity contribution in [2.24, 2.45) is 5.73 Å². The number of likely N-dealkylation sites (tertiary alicyclic amines) is 1. The van der Waals surface area contributed by atoms with Gasteiger partial charge < -0.3 is 15.4 Å². The predicted molar refractivity (Wildman–Crippen MR) is 50.3 cm³/mol. The van der Waals surface area contributed by atoms with E-state index in [9.17, 15) is 4.79 Å². The Hall–Kier alpha value is -0.610. The molecular weight excluding hydrogens is 168 g/mol. The van der Waals surface area contributed by atoms with Crippen LogP contribution in [0.4, 0.5) is 0 Å². The summed E-state index contributed by atoms with van der Waals surface area (Å²) in [6.07, 6.45) is 1.41. The zero-order valence-electron chi connectivity index (χ0n) is 8.32. The van der Waals surface area contributed by atoms with Gasteiger partial charge in [-0.3, -0.25) is 4.79 Å². The Morgan fingerprint density at radius 1 is 1.77 bits per heavy atom. The second-order valence-corrected chi connectivity index (χ2v) is 3.53. The minimum Gasteiger partial charge on any atom is -0.383 e. The number of methoxy groups -OCH3 is 1. The van der Waals surface area contributed by atoms with E-state index in [0.29, 0.717) is 19.6 Å². The van der Waals surface area contributed by atoms with Crippen LogP contribution in [-0.4, -0.2) is 43.2 Å². The third kappa shape index (κ3) is 2.42. The van der Waals surface area contributed by atoms with Crippen molar-refractivity contribution in [2.75, 3.05) is 20.3 Å². The molecule has 0 aliphatic carbocycles. The SMILES string of the molecule is CCC(COC)N1CC(N)CC1=O. The lowest BCUT2D eigenvalue weighted by Gasteiger charge is -2.26. The molecule has 1 fully saturated rings. The minimum absolute atomic E-state index is 0.0124. The molecule has 0 aromatic heterocycles. The Morgan fingerprint density at radius 3 is 2.85 bits per heavy atom. The van der Waals surface area contributed by atoms with Crippen LogP contribution in [-0.2, 0) is 9.53 Å². The van der Waals surface area contributed by atoms with Crippen LogP contribution in [0.5, 0.6) is 0 Å². The van der Waals surface area contributed by atoms with E-state index in [2.05, 4.69) is 6.92 Å². The van der Waals surface area contributed by atoms with Gasteiger partial charge in [-0.1, -0.05) is 6.92 Å². The molecule has 0 aromatic carbocycles. The van der Waals surface area contributed by atoms with E-state index in [1.54, 1.807) is 7.11 Å². The fourth-order valence-corrected chi connectivity index (χ4v) is 1.73. The Balaban J connectivity index is 2.53. The van der Waals surface area contributed by atoms with E-state index in [4.69, 9.17) is 10.5 Å². The topological polar surface area (TPSA) is 55.6 Å². The van der Waals surface area contributed by atoms with E-state index < -0.39 is 0 Å². The van der Waals surface area contributed by atoms with Crippen LogP contribution in [0.15, 0.2) is 0 Å². The number of hydrogen-bond acceptors (Lipinski definition) is 3. The van der Waals surface area contributed by atoms with Gasteiger partial charge in [0.2, 0.25) is 5.91 Å². The van der Waals surface area contributed by atoms with Gasteiger partial charge in [-0.25, -0.2) is 0 Å². The van der Waals surface area contributed by atoms with Crippen molar-refractivity contribution in [3.05, 3.63) is 0 Å². The maximum Gasteiger partial charge on any atom is 0.224 e. The largest absolute Gasteiger partial charge is 0.383 e. The Morgan fingerprint density at radius 2 is 2.46 bits per heavy atom. The molecule has 76 valence electrons. The highest BCUT2D eigenvalue weighted by atomic mass is 16.5. The van der Waals surface area contributed by atoms with E-state index in [0.717, 1.165) is 6.42 Å². The van der Waals surface area contributed by atoms with Crippen molar-refractivity contribution >= 4 is 5.91 Å². The molecule has 1 amide bonds.